The van der Waals surface area contributed by atoms with Crippen LogP contribution in [0, 0.1) is 5.92 Å². The predicted octanol–water partition coefficient (Wildman–Crippen LogP) is 0.785. The van der Waals surface area contributed by atoms with Gasteiger partial charge in [-0.1, -0.05) is 0 Å². The summed E-state index contributed by atoms with van der Waals surface area (Å²) in [5, 5.41) is 9.87. The van der Waals surface area contributed by atoms with Gasteiger partial charge in [-0.3, -0.25) is 9.69 Å². The van der Waals surface area contributed by atoms with E-state index in [1.807, 2.05) is 0 Å². The Morgan fingerprint density at radius 2 is 2.12 bits per heavy atom. The Bertz CT molecular complexity index is 257. The number of hydrogen-bond acceptors (Lipinski definition) is 4. The molecule has 1 saturated carbocycles. The van der Waals surface area contributed by atoms with Crippen LogP contribution < -0.4 is 0 Å². The normalized spacial score (nSPS) is 36.2. The molecule has 0 radical (unpaired) electrons. The molecule has 0 aromatic rings. The van der Waals surface area contributed by atoms with Gasteiger partial charge in [-0.2, -0.15) is 0 Å². The number of rotatable bonds is 2. The standard InChI is InChI=1S/C12H21NO3/c1-16-12(15)9-4-3-7-13(8-9)10-5-2-6-11(10)14/h9-11,14H,2-8H2,1H3. The number of aliphatic hydroxyl groups excluding tert-OH is 1. The Morgan fingerprint density at radius 3 is 2.75 bits per heavy atom. The number of methoxy groups -OCH3 is 1. The lowest BCUT2D eigenvalue weighted by atomic mass is 9.96. The number of carbonyl (C=O) groups is 1. The molecule has 16 heavy (non-hydrogen) atoms. The van der Waals surface area contributed by atoms with Crippen molar-refractivity contribution in [2.75, 3.05) is 20.2 Å². The van der Waals surface area contributed by atoms with Gasteiger partial charge >= 0.3 is 5.97 Å². The van der Waals surface area contributed by atoms with Gasteiger partial charge in [0, 0.05) is 12.6 Å². The van der Waals surface area contributed by atoms with Crippen LogP contribution in [0.2, 0.25) is 0 Å². The van der Waals surface area contributed by atoms with Crippen LogP contribution >= 0.6 is 0 Å². The van der Waals surface area contributed by atoms with E-state index in [0.29, 0.717) is 0 Å². The van der Waals surface area contributed by atoms with Crippen LogP contribution in [0.25, 0.3) is 0 Å². The summed E-state index contributed by atoms with van der Waals surface area (Å²) in [5.41, 5.74) is 0. The number of carbonyl (C=O) groups excluding carboxylic acids is 1. The molecule has 0 spiro atoms. The Balaban J connectivity index is 1.93. The first kappa shape index (κ1) is 11.9. The predicted molar refractivity (Wildman–Crippen MR) is 60.0 cm³/mol. The van der Waals surface area contributed by atoms with Crippen molar-refractivity contribution in [3.05, 3.63) is 0 Å². The summed E-state index contributed by atoms with van der Waals surface area (Å²) < 4.78 is 4.80. The lowest BCUT2D eigenvalue weighted by molar-refractivity contribution is -0.148. The number of aliphatic hydroxyl groups is 1. The van der Waals surface area contributed by atoms with Crippen LogP contribution in [-0.2, 0) is 9.53 Å². The Kier molecular flexibility index (Phi) is 3.82. The van der Waals surface area contributed by atoms with E-state index in [-0.39, 0.29) is 24.0 Å². The van der Waals surface area contributed by atoms with Gasteiger partial charge in [-0.05, 0) is 38.6 Å². The van der Waals surface area contributed by atoms with E-state index >= 15 is 0 Å². The summed E-state index contributed by atoms with van der Waals surface area (Å²) in [4.78, 5) is 13.8. The van der Waals surface area contributed by atoms with E-state index in [0.717, 1.165) is 45.2 Å². The lowest BCUT2D eigenvalue weighted by Gasteiger charge is -2.36. The van der Waals surface area contributed by atoms with E-state index in [4.69, 9.17) is 4.74 Å². The molecule has 2 fully saturated rings. The monoisotopic (exact) mass is 227 g/mol. The molecule has 0 bridgehead atoms. The van der Waals surface area contributed by atoms with Gasteiger partial charge in [-0.25, -0.2) is 0 Å². The van der Waals surface area contributed by atoms with E-state index in [1.54, 1.807) is 0 Å². The molecule has 3 atom stereocenters. The smallest absolute Gasteiger partial charge is 0.309 e. The van der Waals surface area contributed by atoms with Gasteiger partial charge in [-0.15, -0.1) is 0 Å². The van der Waals surface area contributed by atoms with E-state index < -0.39 is 0 Å². The largest absolute Gasteiger partial charge is 0.469 e. The molecular formula is C12H21NO3. The minimum atomic E-state index is -0.198. The highest BCUT2D eigenvalue weighted by Crippen LogP contribution is 2.28. The SMILES string of the molecule is COC(=O)C1CCCN(C2CCCC2O)C1. The molecule has 4 heteroatoms. The molecule has 1 aliphatic heterocycles. The summed E-state index contributed by atoms with van der Waals surface area (Å²) in [6.07, 6.45) is 4.83. The maximum atomic E-state index is 11.5. The summed E-state index contributed by atoms with van der Waals surface area (Å²) in [7, 11) is 1.45. The van der Waals surface area contributed by atoms with E-state index in [1.165, 1.54) is 7.11 Å². The minimum Gasteiger partial charge on any atom is -0.469 e. The molecule has 1 saturated heterocycles. The maximum Gasteiger partial charge on any atom is 0.309 e. The number of likely N-dealkylation sites (tertiary alicyclic amines) is 1. The molecule has 1 heterocycles. The van der Waals surface area contributed by atoms with E-state index in [9.17, 15) is 9.90 Å². The zero-order chi connectivity index (χ0) is 11.5. The fourth-order valence-corrected chi connectivity index (χ4v) is 3.01. The summed E-state index contributed by atoms with van der Waals surface area (Å²) >= 11 is 0. The molecule has 92 valence electrons. The highest BCUT2D eigenvalue weighted by atomic mass is 16.5. The Labute approximate surface area is 96.6 Å². The summed E-state index contributed by atoms with van der Waals surface area (Å²) in [6.45, 7) is 1.77. The molecule has 1 N–H and O–H groups in total. The molecule has 2 aliphatic rings. The van der Waals surface area contributed by atoms with Crippen molar-refractivity contribution in [3.63, 3.8) is 0 Å². The first-order chi connectivity index (χ1) is 7.72. The van der Waals surface area contributed by atoms with Crippen LogP contribution in [0.4, 0.5) is 0 Å². The third kappa shape index (κ3) is 2.38. The fraction of sp³-hybridized carbons (Fsp3) is 0.917. The second-order valence-corrected chi connectivity index (χ2v) is 4.92. The molecule has 0 aromatic heterocycles. The van der Waals surface area contributed by atoms with Gasteiger partial charge < -0.3 is 9.84 Å². The first-order valence-electron chi connectivity index (χ1n) is 6.22. The minimum absolute atomic E-state index is 0.00606. The first-order valence-corrected chi connectivity index (χ1v) is 6.22. The number of nitrogens with zero attached hydrogens (tertiary/aromatic N) is 1. The van der Waals surface area contributed by atoms with Crippen LogP contribution in [0.3, 0.4) is 0 Å². The summed E-state index contributed by atoms with van der Waals surface area (Å²) in [6, 6.07) is 0.271. The van der Waals surface area contributed by atoms with Gasteiger partial charge in [0.15, 0.2) is 0 Å². The van der Waals surface area contributed by atoms with Gasteiger partial charge in [0.2, 0.25) is 0 Å². The van der Waals surface area contributed by atoms with Crippen molar-refractivity contribution in [3.8, 4) is 0 Å². The quantitative estimate of drug-likeness (QED) is 0.708. The maximum absolute atomic E-state index is 11.5. The van der Waals surface area contributed by atoms with Crippen LogP contribution in [0.5, 0.6) is 0 Å². The Morgan fingerprint density at radius 1 is 1.31 bits per heavy atom. The molecule has 4 nitrogen and oxygen atoms in total. The number of ether oxygens (including phenoxy) is 1. The second kappa shape index (κ2) is 5.15. The van der Waals surface area contributed by atoms with Gasteiger partial charge in [0.1, 0.15) is 0 Å². The zero-order valence-corrected chi connectivity index (χ0v) is 9.89. The van der Waals surface area contributed by atoms with Crippen molar-refractivity contribution in [1.29, 1.82) is 0 Å². The molecule has 1 aliphatic carbocycles. The van der Waals surface area contributed by atoms with Crippen molar-refractivity contribution in [2.45, 2.75) is 44.2 Å². The highest BCUT2D eigenvalue weighted by molar-refractivity contribution is 5.72. The summed E-state index contributed by atoms with van der Waals surface area (Å²) in [5.74, 6) is -0.0938. The highest BCUT2D eigenvalue weighted by Gasteiger charge is 2.35. The molecule has 0 aromatic carbocycles. The van der Waals surface area contributed by atoms with Gasteiger partial charge in [0.05, 0.1) is 19.1 Å². The number of hydrogen-bond donors (Lipinski definition) is 1. The zero-order valence-electron chi connectivity index (χ0n) is 9.89. The van der Waals surface area contributed by atoms with E-state index in [2.05, 4.69) is 4.90 Å². The third-order valence-corrected chi connectivity index (χ3v) is 3.90. The Hall–Kier alpha value is -0.610. The van der Waals surface area contributed by atoms with Crippen LogP contribution in [0.1, 0.15) is 32.1 Å². The molecule has 0 amide bonds. The van der Waals surface area contributed by atoms with Gasteiger partial charge in [0.25, 0.3) is 0 Å². The average Bonchev–Trinajstić information content (AvgIpc) is 2.74. The van der Waals surface area contributed by atoms with Crippen LogP contribution in [0.15, 0.2) is 0 Å². The van der Waals surface area contributed by atoms with Crippen molar-refractivity contribution in [2.24, 2.45) is 5.92 Å². The van der Waals surface area contributed by atoms with Crippen LogP contribution in [-0.4, -0.2) is 48.3 Å². The molecule has 2 rings (SSSR count). The average molecular weight is 227 g/mol. The topological polar surface area (TPSA) is 49.8 Å². The molecular weight excluding hydrogens is 206 g/mol. The lowest BCUT2D eigenvalue weighted by Crippen LogP contribution is -2.47. The van der Waals surface area contributed by atoms with Crippen molar-refractivity contribution >= 4 is 5.97 Å². The fourth-order valence-electron chi connectivity index (χ4n) is 3.01. The van der Waals surface area contributed by atoms with Crippen molar-refractivity contribution < 1.29 is 14.6 Å². The third-order valence-electron chi connectivity index (χ3n) is 3.90. The number of piperidine rings is 1. The van der Waals surface area contributed by atoms with Crippen molar-refractivity contribution in [1.82, 2.24) is 4.90 Å². The molecule has 3 unspecified atom stereocenters. The number of esters is 1. The second-order valence-electron chi connectivity index (χ2n) is 4.92.